The Hall–Kier alpha value is -4.95. The number of phenolic OH excluding ortho intramolecular Hbond substituents is 2. The molecule has 2 saturated heterocycles. The molecule has 3 heterocycles. The van der Waals surface area contributed by atoms with Crippen LogP contribution in [0, 0.1) is 0 Å². The van der Waals surface area contributed by atoms with Gasteiger partial charge in [0.15, 0.2) is 11.5 Å². The molecule has 2 aromatic carbocycles. The molecule has 3 aliphatic heterocycles. The third kappa shape index (κ3) is 8.33. The number of fused-ring (bicyclic) bond motifs is 1. The van der Waals surface area contributed by atoms with Crippen LogP contribution in [0.25, 0.3) is 11.8 Å². The second kappa shape index (κ2) is 16.0. The van der Waals surface area contributed by atoms with Gasteiger partial charge in [-0.3, -0.25) is 0 Å². The molecule has 11 atom stereocenters. The summed E-state index contributed by atoms with van der Waals surface area (Å²) in [4.78, 5) is 12.4. The summed E-state index contributed by atoms with van der Waals surface area (Å²) >= 11 is 0. The number of carbonyl (C=O) groups is 1. The average molecular weight is 743 g/mol. The molecule has 0 amide bonds. The molecule has 10 N–H and O–H groups in total. The van der Waals surface area contributed by atoms with E-state index in [1.807, 2.05) is 0 Å². The van der Waals surface area contributed by atoms with Crippen molar-refractivity contribution in [3.8, 4) is 11.5 Å². The van der Waals surface area contributed by atoms with Crippen LogP contribution in [0.3, 0.4) is 0 Å². The van der Waals surface area contributed by atoms with E-state index in [1.165, 1.54) is 54.6 Å². The number of allylic oxidation sites excluding steroid dienone is 2. The maximum Gasteiger partial charge on any atom is 0.330 e. The highest BCUT2D eigenvalue weighted by Crippen LogP contribution is 2.40. The van der Waals surface area contributed by atoms with Gasteiger partial charge in [-0.15, -0.1) is 0 Å². The van der Waals surface area contributed by atoms with Crippen molar-refractivity contribution in [3.05, 3.63) is 107 Å². The number of ether oxygens (including phenoxy) is 6. The summed E-state index contributed by atoms with van der Waals surface area (Å²) in [6.45, 7) is -1.29. The van der Waals surface area contributed by atoms with Crippen molar-refractivity contribution < 1.29 is 84.3 Å². The van der Waals surface area contributed by atoms with Crippen LogP contribution in [-0.2, 0) is 33.2 Å². The van der Waals surface area contributed by atoms with E-state index in [2.05, 4.69) is 0 Å². The van der Waals surface area contributed by atoms with E-state index in [0.29, 0.717) is 11.1 Å². The third-order valence-electron chi connectivity index (χ3n) is 8.77. The molecule has 0 aromatic heterocycles. The lowest BCUT2D eigenvalue weighted by molar-refractivity contribution is -0.292. The second-order valence-electron chi connectivity index (χ2n) is 12.5. The number of carbonyl (C=O) groups excluding carboxylic acids is 1. The van der Waals surface area contributed by atoms with Crippen LogP contribution in [0.2, 0.25) is 0 Å². The highest BCUT2D eigenvalue weighted by Gasteiger charge is 2.48. The van der Waals surface area contributed by atoms with E-state index >= 15 is 0 Å². The number of hydrogen-bond acceptors (Lipinski definition) is 17. The molecule has 2 fully saturated rings. The summed E-state index contributed by atoms with van der Waals surface area (Å²) in [5.41, 5.74) is 1.07. The van der Waals surface area contributed by atoms with Gasteiger partial charge in [0.05, 0.1) is 6.61 Å². The number of esters is 1. The van der Waals surface area contributed by atoms with Crippen LogP contribution in [0.1, 0.15) is 11.1 Å². The van der Waals surface area contributed by atoms with Crippen molar-refractivity contribution in [3.63, 3.8) is 0 Å². The van der Waals surface area contributed by atoms with Crippen molar-refractivity contribution >= 4 is 17.8 Å². The Morgan fingerprint density at radius 2 is 1.30 bits per heavy atom. The first-order valence-corrected chi connectivity index (χ1v) is 16.3. The number of phenols is 2. The highest BCUT2D eigenvalue weighted by molar-refractivity contribution is 5.87. The predicted octanol–water partition coefficient (Wildman–Crippen LogP) is -0.672. The Bertz CT molecular complexity index is 1780. The molecule has 2 aromatic rings. The van der Waals surface area contributed by atoms with Gasteiger partial charge in [0, 0.05) is 29.4 Å². The van der Waals surface area contributed by atoms with E-state index in [0.717, 1.165) is 12.2 Å². The summed E-state index contributed by atoms with van der Waals surface area (Å²) < 4.78 is 34.5. The van der Waals surface area contributed by atoms with Crippen molar-refractivity contribution in [2.45, 2.75) is 67.5 Å². The van der Waals surface area contributed by atoms with E-state index < -0.39 is 86.7 Å². The first-order chi connectivity index (χ1) is 25.3. The van der Waals surface area contributed by atoms with E-state index in [9.17, 15) is 55.9 Å². The quantitative estimate of drug-likeness (QED) is 0.107. The van der Waals surface area contributed by atoms with Gasteiger partial charge in [0.25, 0.3) is 0 Å². The summed E-state index contributed by atoms with van der Waals surface area (Å²) in [5.74, 6) is -1.50. The molecule has 0 saturated carbocycles. The Morgan fingerprint density at radius 3 is 1.94 bits per heavy atom. The number of aromatic hydroxyl groups is 2. The number of aliphatic hydroxyl groups is 8. The van der Waals surface area contributed by atoms with Crippen molar-refractivity contribution in [2.24, 2.45) is 0 Å². The third-order valence-corrected chi connectivity index (χ3v) is 8.77. The first kappa shape index (κ1) is 37.8. The van der Waals surface area contributed by atoms with Gasteiger partial charge >= 0.3 is 5.97 Å². The van der Waals surface area contributed by atoms with Gasteiger partial charge in [-0.2, -0.15) is 0 Å². The van der Waals surface area contributed by atoms with Gasteiger partial charge in [0.2, 0.25) is 12.6 Å². The fourth-order valence-corrected chi connectivity index (χ4v) is 5.83. The molecule has 11 unspecified atom stereocenters. The largest absolute Gasteiger partial charge is 0.508 e. The number of aliphatic hydroxyl groups excluding tert-OH is 8. The highest BCUT2D eigenvalue weighted by atomic mass is 16.7. The zero-order valence-electron chi connectivity index (χ0n) is 27.6. The van der Waals surface area contributed by atoms with Crippen molar-refractivity contribution in [1.29, 1.82) is 0 Å². The smallest absolute Gasteiger partial charge is 0.330 e. The lowest BCUT2D eigenvalue weighted by Crippen LogP contribution is -2.59. The molecule has 17 heteroatoms. The fraction of sp³-hybridized carbons (Fsp3) is 0.361. The lowest BCUT2D eigenvalue weighted by Gasteiger charge is -2.41. The zero-order chi connectivity index (χ0) is 38.0. The zero-order valence-corrected chi connectivity index (χ0v) is 27.6. The lowest BCUT2D eigenvalue weighted by atomic mass is 9.96. The topological polar surface area (TPSA) is 275 Å². The molecular formula is C36H38O17. The molecule has 4 aliphatic rings. The summed E-state index contributed by atoms with van der Waals surface area (Å²) in [6.07, 6.45) is -11.4. The summed E-state index contributed by atoms with van der Waals surface area (Å²) in [6, 6.07) is 11.7. The number of benzene rings is 2. The van der Waals surface area contributed by atoms with E-state index in [1.54, 1.807) is 12.1 Å². The normalized spacial score (nSPS) is 32.9. The Balaban J connectivity index is 1.25. The minimum absolute atomic E-state index is 0.00403. The van der Waals surface area contributed by atoms with Crippen LogP contribution in [-0.4, -0.2) is 138 Å². The van der Waals surface area contributed by atoms with Crippen molar-refractivity contribution in [1.82, 2.24) is 0 Å². The second-order valence-corrected chi connectivity index (χ2v) is 12.5. The minimum Gasteiger partial charge on any atom is -0.508 e. The maximum absolute atomic E-state index is 12.4. The Labute approximate surface area is 301 Å². The maximum atomic E-state index is 12.4. The molecule has 17 nitrogen and oxygen atoms in total. The first-order valence-electron chi connectivity index (χ1n) is 16.3. The predicted molar refractivity (Wildman–Crippen MR) is 177 cm³/mol. The van der Waals surface area contributed by atoms with E-state index in [-0.39, 0.29) is 40.1 Å². The van der Waals surface area contributed by atoms with Crippen LogP contribution >= 0.6 is 0 Å². The van der Waals surface area contributed by atoms with Crippen LogP contribution in [0.15, 0.2) is 95.7 Å². The molecule has 6 rings (SSSR count). The number of rotatable bonds is 10. The molecule has 284 valence electrons. The summed E-state index contributed by atoms with van der Waals surface area (Å²) in [7, 11) is 0. The number of hydrogen-bond donors (Lipinski definition) is 10. The molecule has 0 spiro atoms. The molecule has 1 aliphatic carbocycles. The van der Waals surface area contributed by atoms with Gasteiger partial charge in [-0.25, -0.2) is 4.79 Å². The SMILES string of the molecule is O=C(C=Cc1ccc(O)cc1)OCC1OC(OC2=C(c3ccc(O)cc3)OC3C=C(O)C=C(OC4OC(CO)C(O)C(O)C4O)C3=C2)C(O)C(O)C1O. The standard InChI is InChI=1S/C36H38O17/c37-14-25-28(42)30(44)32(46)35(52-25)50-23-12-20(40)11-22-21(23)13-24(34(49-22)17-4-8-19(39)9-5-17)51-36-33(47)31(45)29(43)26(53-36)15-48-27(41)10-3-16-1-6-18(38)7-2-16/h1-13,22,25-26,28-33,35-40,42-47H,14-15H2. The van der Waals surface area contributed by atoms with Gasteiger partial charge in [-0.05, 0) is 54.1 Å². The van der Waals surface area contributed by atoms with Crippen LogP contribution in [0.5, 0.6) is 11.5 Å². The van der Waals surface area contributed by atoms with Crippen LogP contribution in [0.4, 0.5) is 0 Å². The van der Waals surface area contributed by atoms with Crippen LogP contribution < -0.4 is 0 Å². The monoisotopic (exact) mass is 742 g/mol. The molecule has 0 bridgehead atoms. The van der Waals surface area contributed by atoms with Gasteiger partial charge in [-0.1, -0.05) is 12.1 Å². The Kier molecular flexibility index (Phi) is 11.4. The minimum atomic E-state index is -1.85. The molecule has 0 radical (unpaired) electrons. The fourth-order valence-electron chi connectivity index (χ4n) is 5.83. The Morgan fingerprint density at radius 1 is 0.717 bits per heavy atom. The van der Waals surface area contributed by atoms with Gasteiger partial charge < -0.3 is 79.5 Å². The average Bonchev–Trinajstić information content (AvgIpc) is 3.14. The summed E-state index contributed by atoms with van der Waals surface area (Å²) in [5, 5.41) is 103. The van der Waals surface area contributed by atoms with E-state index in [4.69, 9.17) is 28.4 Å². The van der Waals surface area contributed by atoms with Gasteiger partial charge in [0.1, 0.15) is 84.6 Å². The van der Waals surface area contributed by atoms with Crippen molar-refractivity contribution in [2.75, 3.05) is 13.2 Å². The molecular weight excluding hydrogens is 704 g/mol. The molecule has 53 heavy (non-hydrogen) atoms.